The number of likely N-dealkylation sites (tertiary alicyclic amines) is 1. The molecule has 272 valence electrons. The van der Waals surface area contributed by atoms with E-state index in [0.29, 0.717) is 50.7 Å². The molecule has 0 aromatic heterocycles. The molecule has 2 aromatic carbocycles. The summed E-state index contributed by atoms with van der Waals surface area (Å²) in [6.45, 7) is 18.7. The SMILES string of the molecule is C=C(C(/C=C(\C)C(=O)NC1CCN(CC(=O)N2CCN(c3ccc(C4=NCCC=N4)cc3)CC2)C1)=C(/C)NC)c1ccc2c(c1)OCCO2.CC. The molecule has 6 rings (SSSR count). The van der Waals surface area contributed by atoms with Gasteiger partial charge < -0.3 is 29.9 Å². The monoisotopic (exact) mass is 695 g/mol. The largest absolute Gasteiger partial charge is 0.486 e. The van der Waals surface area contributed by atoms with Crippen molar-refractivity contribution < 1.29 is 19.1 Å². The molecule has 0 spiro atoms. The van der Waals surface area contributed by atoms with Gasteiger partial charge in [-0.3, -0.25) is 19.5 Å². The van der Waals surface area contributed by atoms with Gasteiger partial charge in [0.15, 0.2) is 17.3 Å². The lowest BCUT2D eigenvalue weighted by atomic mass is 9.95. The normalized spacial score (nSPS) is 19.4. The van der Waals surface area contributed by atoms with E-state index in [1.807, 2.05) is 70.1 Å². The van der Waals surface area contributed by atoms with Gasteiger partial charge in [0.1, 0.15) is 13.2 Å². The molecule has 0 saturated carbocycles. The predicted octanol–water partition coefficient (Wildman–Crippen LogP) is 4.70. The van der Waals surface area contributed by atoms with Crippen LogP contribution in [0.25, 0.3) is 5.57 Å². The molecule has 11 heteroatoms. The zero-order valence-corrected chi connectivity index (χ0v) is 30.8. The molecule has 0 aliphatic carbocycles. The average Bonchev–Trinajstić information content (AvgIpc) is 3.63. The molecule has 2 aromatic rings. The Kier molecular flexibility index (Phi) is 13.1. The van der Waals surface area contributed by atoms with E-state index >= 15 is 0 Å². The fourth-order valence-electron chi connectivity index (χ4n) is 6.53. The van der Waals surface area contributed by atoms with Gasteiger partial charge in [0, 0.05) is 99.6 Å². The lowest BCUT2D eigenvalue weighted by molar-refractivity contribution is -0.132. The van der Waals surface area contributed by atoms with Crippen LogP contribution in [-0.2, 0) is 9.59 Å². The van der Waals surface area contributed by atoms with Crippen LogP contribution in [0, 0.1) is 0 Å². The number of nitrogens with one attached hydrogen (secondary N) is 2. The molecule has 0 bridgehead atoms. The first-order valence-corrected chi connectivity index (χ1v) is 18.2. The van der Waals surface area contributed by atoms with Crippen molar-refractivity contribution >= 4 is 35.1 Å². The van der Waals surface area contributed by atoms with Crippen LogP contribution in [0.1, 0.15) is 51.7 Å². The number of amidine groups is 1. The van der Waals surface area contributed by atoms with Crippen molar-refractivity contribution in [3.05, 3.63) is 83.1 Å². The summed E-state index contributed by atoms with van der Waals surface area (Å²) in [5.74, 6) is 2.22. The van der Waals surface area contributed by atoms with Crippen molar-refractivity contribution in [1.29, 1.82) is 0 Å². The Labute approximate surface area is 302 Å². The molecule has 2 saturated heterocycles. The standard InChI is InChI=1S/C38H47N7O4.C2H6/c1-26(22-33(28(3)39-4)27(2)30-8-11-34-35(23-30)49-21-20-48-34)38(47)42-31-12-15-43(24-31)25-36(46)45-18-16-44(17-19-45)32-9-6-29(7-10-32)37-40-13-5-14-41-37;1-2/h6-11,13,22-23,31,39H,2,5,12,14-21,24-25H2,1,3-4H3,(H,42,47);1-2H3/b26-22+,33-28-;. The number of allylic oxidation sites excluding steroid dienone is 4. The lowest BCUT2D eigenvalue weighted by Crippen LogP contribution is -2.51. The van der Waals surface area contributed by atoms with Crippen molar-refractivity contribution in [2.24, 2.45) is 9.98 Å². The number of nitrogens with zero attached hydrogens (tertiary/aromatic N) is 5. The van der Waals surface area contributed by atoms with Crippen LogP contribution < -0.4 is 25.0 Å². The van der Waals surface area contributed by atoms with Crippen LogP contribution >= 0.6 is 0 Å². The Hall–Kier alpha value is -4.90. The van der Waals surface area contributed by atoms with Gasteiger partial charge in [-0.25, -0.2) is 4.99 Å². The number of carbonyl (C=O) groups excluding carboxylic acids is 2. The van der Waals surface area contributed by atoms with Crippen molar-refractivity contribution in [3.63, 3.8) is 0 Å². The molecular formula is C40H53N7O4. The maximum Gasteiger partial charge on any atom is 0.247 e. The highest BCUT2D eigenvalue weighted by Gasteiger charge is 2.29. The topological polar surface area (TPSA) is 111 Å². The predicted molar refractivity (Wildman–Crippen MR) is 206 cm³/mol. The van der Waals surface area contributed by atoms with E-state index in [9.17, 15) is 9.59 Å². The highest BCUT2D eigenvalue weighted by Crippen LogP contribution is 2.35. The molecule has 1 atom stereocenters. The smallest absolute Gasteiger partial charge is 0.247 e. The minimum absolute atomic E-state index is 0.0208. The van der Waals surface area contributed by atoms with E-state index in [1.165, 1.54) is 0 Å². The molecule has 4 aliphatic heterocycles. The Morgan fingerprint density at radius 1 is 0.980 bits per heavy atom. The van der Waals surface area contributed by atoms with Crippen LogP contribution in [0.3, 0.4) is 0 Å². The number of carbonyl (C=O) groups is 2. The highest BCUT2D eigenvalue weighted by atomic mass is 16.6. The number of aliphatic imine (C=N–C) groups is 2. The minimum atomic E-state index is -0.127. The van der Waals surface area contributed by atoms with Gasteiger partial charge in [-0.15, -0.1) is 0 Å². The Balaban J connectivity index is 0.00000248. The van der Waals surface area contributed by atoms with E-state index in [-0.39, 0.29) is 17.9 Å². The Bertz CT molecular complexity index is 1690. The zero-order chi connectivity index (χ0) is 36.3. The summed E-state index contributed by atoms with van der Waals surface area (Å²) in [5, 5.41) is 6.39. The zero-order valence-electron chi connectivity index (χ0n) is 30.8. The van der Waals surface area contributed by atoms with E-state index in [4.69, 9.17) is 9.47 Å². The molecule has 11 nitrogen and oxygen atoms in total. The number of ether oxygens (including phenoxy) is 2. The minimum Gasteiger partial charge on any atom is -0.486 e. The molecule has 2 N–H and O–H groups in total. The number of fused-ring (bicyclic) bond motifs is 1. The summed E-state index contributed by atoms with van der Waals surface area (Å²) < 4.78 is 11.4. The summed E-state index contributed by atoms with van der Waals surface area (Å²) in [6.07, 6.45) is 5.50. The summed E-state index contributed by atoms with van der Waals surface area (Å²) in [6, 6.07) is 14.1. The second-order valence-corrected chi connectivity index (χ2v) is 12.9. The molecule has 2 fully saturated rings. The van der Waals surface area contributed by atoms with Gasteiger partial charge in [-0.05, 0) is 73.9 Å². The molecular weight excluding hydrogens is 642 g/mol. The van der Waals surface area contributed by atoms with E-state index in [1.54, 1.807) is 0 Å². The van der Waals surface area contributed by atoms with Gasteiger partial charge in [0.25, 0.3) is 0 Å². The lowest BCUT2D eigenvalue weighted by Gasteiger charge is -2.36. The fraction of sp³-hybridized carbons (Fsp3) is 0.450. The van der Waals surface area contributed by atoms with Crippen LogP contribution in [0.4, 0.5) is 5.69 Å². The van der Waals surface area contributed by atoms with Crippen LogP contribution in [0.15, 0.2) is 81.9 Å². The van der Waals surface area contributed by atoms with Gasteiger partial charge in [-0.2, -0.15) is 0 Å². The van der Waals surface area contributed by atoms with Gasteiger partial charge in [-0.1, -0.05) is 26.5 Å². The molecule has 0 radical (unpaired) electrons. The Morgan fingerprint density at radius 2 is 1.71 bits per heavy atom. The van der Waals surface area contributed by atoms with Crippen molar-refractivity contribution in [1.82, 2.24) is 20.4 Å². The van der Waals surface area contributed by atoms with Crippen molar-refractivity contribution in [2.45, 2.75) is 46.6 Å². The first kappa shape index (κ1) is 37.4. The maximum atomic E-state index is 13.3. The quantitative estimate of drug-likeness (QED) is 0.274. The van der Waals surface area contributed by atoms with E-state index in [2.05, 4.69) is 61.3 Å². The number of rotatable bonds is 10. The number of anilines is 1. The summed E-state index contributed by atoms with van der Waals surface area (Å²) >= 11 is 0. The maximum absolute atomic E-state index is 13.3. The molecule has 4 heterocycles. The first-order valence-electron chi connectivity index (χ1n) is 18.2. The summed E-state index contributed by atoms with van der Waals surface area (Å²) in [7, 11) is 1.85. The van der Waals surface area contributed by atoms with E-state index in [0.717, 1.165) is 84.3 Å². The number of hydrogen-bond donors (Lipinski definition) is 2. The molecule has 1 unspecified atom stereocenters. The molecule has 51 heavy (non-hydrogen) atoms. The first-order chi connectivity index (χ1) is 24.8. The third-order valence-electron chi connectivity index (χ3n) is 9.54. The number of piperazine rings is 1. The number of hydrogen-bond acceptors (Lipinski definition) is 9. The van der Waals surface area contributed by atoms with Crippen molar-refractivity contribution in [3.8, 4) is 11.5 Å². The van der Waals surface area contributed by atoms with Gasteiger partial charge in [0.05, 0.1) is 6.54 Å². The van der Waals surface area contributed by atoms with Gasteiger partial charge in [0.2, 0.25) is 11.8 Å². The molecule has 4 aliphatic rings. The Morgan fingerprint density at radius 3 is 2.39 bits per heavy atom. The van der Waals surface area contributed by atoms with Gasteiger partial charge >= 0.3 is 0 Å². The van der Waals surface area contributed by atoms with E-state index < -0.39 is 0 Å². The number of benzene rings is 2. The summed E-state index contributed by atoms with van der Waals surface area (Å²) in [5.41, 5.74) is 6.18. The number of amides is 2. The second kappa shape index (κ2) is 17.8. The van der Waals surface area contributed by atoms with Crippen LogP contribution in [0.2, 0.25) is 0 Å². The second-order valence-electron chi connectivity index (χ2n) is 12.9. The third-order valence-corrected chi connectivity index (χ3v) is 9.54. The highest BCUT2D eigenvalue weighted by molar-refractivity contribution is 6.04. The fourth-order valence-corrected chi connectivity index (χ4v) is 6.53. The van der Waals surface area contributed by atoms with Crippen LogP contribution in [-0.4, -0.2) is 112 Å². The summed E-state index contributed by atoms with van der Waals surface area (Å²) in [4.78, 5) is 41.9. The van der Waals surface area contributed by atoms with Crippen LogP contribution in [0.5, 0.6) is 11.5 Å². The molecule has 2 amide bonds. The van der Waals surface area contributed by atoms with Crippen molar-refractivity contribution in [2.75, 3.05) is 77.5 Å². The third kappa shape index (κ3) is 9.46. The average molecular weight is 696 g/mol.